The summed E-state index contributed by atoms with van der Waals surface area (Å²) in [6.45, 7) is 7.00. The molecule has 112 valence electrons. The van der Waals surface area contributed by atoms with Gasteiger partial charge in [-0.2, -0.15) is 0 Å². The van der Waals surface area contributed by atoms with Crippen LogP contribution in [0.25, 0.3) is 0 Å². The maximum absolute atomic E-state index is 5.92. The monoisotopic (exact) mass is 303 g/mol. The third-order valence-electron chi connectivity index (χ3n) is 3.30. The Labute approximate surface area is 132 Å². The van der Waals surface area contributed by atoms with Gasteiger partial charge >= 0.3 is 0 Å². The average molecular weight is 304 g/mol. The van der Waals surface area contributed by atoms with E-state index in [-0.39, 0.29) is 12.1 Å². The van der Waals surface area contributed by atoms with Gasteiger partial charge in [0.2, 0.25) is 0 Å². The minimum Gasteiger partial charge on any atom is -0.491 e. The zero-order chi connectivity index (χ0) is 15.2. The zero-order valence-electron chi connectivity index (χ0n) is 12.8. The number of hydrogen-bond donors (Lipinski definition) is 1. The van der Waals surface area contributed by atoms with E-state index in [0.717, 1.165) is 17.3 Å². The molecule has 0 saturated carbocycles. The summed E-state index contributed by atoms with van der Waals surface area (Å²) in [6.07, 6.45) is 0.180. The molecule has 2 nitrogen and oxygen atoms in total. The molecule has 2 aromatic rings. The van der Waals surface area contributed by atoms with Crippen LogP contribution in [-0.2, 0) is 6.54 Å². The molecule has 0 aliphatic rings. The van der Waals surface area contributed by atoms with Gasteiger partial charge < -0.3 is 10.1 Å². The molecule has 0 saturated heterocycles. The Kier molecular flexibility index (Phi) is 5.66. The smallest absolute Gasteiger partial charge is 0.124 e. The minimum absolute atomic E-state index is 0.180. The lowest BCUT2D eigenvalue weighted by Crippen LogP contribution is -2.19. The summed E-state index contributed by atoms with van der Waals surface area (Å²) >= 11 is 5.92. The first-order valence-electron chi connectivity index (χ1n) is 7.29. The van der Waals surface area contributed by atoms with Crippen LogP contribution in [0.3, 0.4) is 0 Å². The summed E-state index contributed by atoms with van der Waals surface area (Å²) in [5, 5.41) is 4.29. The van der Waals surface area contributed by atoms with Gasteiger partial charge in [-0.05, 0) is 44.5 Å². The zero-order valence-corrected chi connectivity index (χ0v) is 13.5. The minimum atomic E-state index is 0.180. The Hall–Kier alpha value is -1.51. The van der Waals surface area contributed by atoms with Crippen LogP contribution in [0.1, 0.15) is 37.9 Å². The number of benzene rings is 2. The van der Waals surface area contributed by atoms with Gasteiger partial charge in [-0.1, -0.05) is 41.9 Å². The fraction of sp³-hybridized carbons (Fsp3) is 0.333. The summed E-state index contributed by atoms with van der Waals surface area (Å²) in [5.41, 5.74) is 2.40. The fourth-order valence-corrected chi connectivity index (χ4v) is 2.28. The van der Waals surface area contributed by atoms with Crippen LogP contribution in [0.5, 0.6) is 5.75 Å². The average Bonchev–Trinajstić information content (AvgIpc) is 2.46. The molecule has 2 aromatic carbocycles. The molecule has 0 aromatic heterocycles. The second kappa shape index (κ2) is 7.48. The van der Waals surface area contributed by atoms with Gasteiger partial charge in [-0.3, -0.25) is 0 Å². The third-order valence-corrected chi connectivity index (χ3v) is 3.56. The maximum atomic E-state index is 5.92. The number of ether oxygens (including phenoxy) is 1. The first kappa shape index (κ1) is 15.9. The van der Waals surface area contributed by atoms with Crippen molar-refractivity contribution < 1.29 is 4.74 Å². The fourth-order valence-electron chi connectivity index (χ4n) is 2.15. The largest absolute Gasteiger partial charge is 0.491 e. The van der Waals surface area contributed by atoms with Crippen LogP contribution in [0.15, 0.2) is 48.5 Å². The molecule has 0 fully saturated rings. The van der Waals surface area contributed by atoms with Crippen LogP contribution in [0.2, 0.25) is 5.02 Å². The molecule has 0 amide bonds. The molecular weight excluding hydrogens is 282 g/mol. The van der Waals surface area contributed by atoms with Gasteiger partial charge in [-0.15, -0.1) is 0 Å². The van der Waals surface area contributed by atoms with E-state index in [4.69, 9.17) is 16.3 Å². The highest BCUT2D eigenvalue weighted by Crippen LogP contribution is 2.21. The van der Waals surface area contributed by atoms with Gasteiger partial charge in [0, 0.05) is 23.2 Å². The molecule has 0 spiro atoms. The molecule has 0 radical (unpaired) electrons. The molecule has 0 bridgehead atoms. The lowest BCUT2D eigenvalue weighted by molar-refractivity contribution is 0.239. The molecule has 1 N–H and O–H groups in total. The Morgan fingerprint density at radius 3 is 2.33 bits per heavy atom. The van der Waals surface area contributed by atoms with Crippen LogP contribution < -0.4 is 10.1 Å². The van der Waals surface area contributed by atoms with Gasteiger partial charge in [0.25, 0.3) is 0 Å². The predicted octanol–water partition coefficient (Wildman–Crippen LogP) is 4.98. The molecule has 2 rings (SSSR count). The summed E-state index contributed by atoms with van der Waals surface area (Å²) < 4.78 is 5.84. The normalized spacial score (nSPS) is 12.4. The van der Waals surface area contributed by atoms with Crippen molar-refractivity contribution in [3.8, 4) is 5.75 Å². The van der Waals surface area contributed by atoms with Crippen molar-refractivity contribution >= 4 is 11.6 Å². The first-order valence-corrected chi connectivity index (χ1v) is 7.67. The number of para-hydroxylation sites is 1. The Bertz CT molecular complexity index is 566. The second-order valence-electron chi connectivity index (χ2n) is 5.43. The quantitative estimate of drug-likeness (QED) is 0.813. The van der Waals surface area contributed by atoms with E-state index >= 15 is 0 Å². The highest BCUT2D eigenvalue weighted by atomic mass is 35.5. The maximum Gasteiger partial charge on any atom is 0.124 e. The highest BCUT2D eigenvalue weighted by Gasteiger charge is 2.08. The van der Waals surface area contributed by atoms with Crippen molar-refractivity contribution in [2.24, 2.45) is 0 Å². The van der Waals surface area contributed by atoms with Gasteiger partial charge in [0.1, 0.15) is 5.75 Å². The molecule has 0 aliphatic carbocycles. The number of nitrogens with one attached hydrogen (secondary N) is 1. The number of halogens is 1. The van der Waals surface area contributed by atoms with E-state index in [0.29, 0.717) is 0 Å². The summed E-state index contributed by atoms with van der Waals surface area (Å²) in [4.78, 5) is 0. The molecule has 1 atom stereocenters. The molecular formula is C18H22ClNO. The molecule has 3 heteroatoms. The summed E-state index contributed by atoms with van der Waals surface area (Å²) in [5.74, 6) is 0.948. The van der Waals surface area contributed by atoms with Crippen molar-refractivity contribution in [2.75, 3.05) is 0 Å². The molecule has 0 heterocycles. The van der Waals surface area contributed by atoms with Crippen molar-refractivity contribution in [1.29, 1.82) is 0 Å². The third kappa shape index (κ3) is 4.76. The van der Waals surface area contributed by atoms with E-state index in [1.807, 2.05) is 44.2 Å². The predicted molar refractivity (Wildman–Crippen MR) is 88.9 cm³/mol. The van der Waals surface area contributed by atoms with E-state index in [2.05, 4.69) is 30.4 Å². The van der Waals surface area contributed by atoms with Gasteiger partial charge in [0.15, 0.2) is 0 Å². The van der Waals surface area contributed by atoms with E-state index in [1.54, 1.807) is 0 Å². The first-order chi connectivity index (χ1) is 10.1. The topological polar surface area (TPSA) is 21.3 Å². The van der Waals surface area contributed by atoms with Crippen molar-refractivity contribution in [3.05, 3.63) is 64.7 Å². The van der Waals surface area contributed by atoms with E-state index in [9.17, 15) is 0 Å². The van der Waals surface area contributed by atoms with Crippen molar-refractivity contribution in [3.63, 3.8) is 0 Å². The number of rotatable bonds is 6. The summed E-state index contributed by atoms with van der Waals surface area (Å²) in [7, 11) is 0. The van der Waals surface area contributed by atoms with Crippen LogP contribution in [0.4, 0.5) is 0 Å². The summed E-state index contributed by atoms with van der Waals surface area (Å²) in [6, 6.07) is 16.4. The van der Waals surface area contributed by atoms with Crippen molar-refractivity contribution in [1.82, 2.24) is 5.32 Å². The van der Waals surface area contributed by atoms with E-state index in [1.165, 1.54) is 11.1 Å². The van der Waals surface area contributed by atoms with Gasteiger partial charge in [-0.25, -0.2) is 0 Å². The molecule has 0 unspecified atom stereocenters. The Morgan fingerprint density at radius 1 is 1.00 bits per heavy atom. The lowest BCUT2D eigenvalue weighted by Gasteiger charge is -2.18. The highest BCUT2D eigenvalue weighted by molar-refractivity contribution is 6.30. The standard InChI is InChI=1S/C18H22ClNO/c1-13(2)21-18-7-5-4-6-16(18)12-20-14(3)15-8-10-17(19)11-9-15/h4-11,13-14,20H,12H2,1-3H3/t14-/m1/s1. The van der Waals surface area contributed by atoms with Gasteiger partial charge in [0.05, 0.1) is 6.10 Å². The second-order valence-corrected chi connectivity index (χ2v) is 5.86. The Balaban J connectivity index is 2.01. The molecule has 0 aliphatic heterocycles. The van der Waals surface area contributed by atoms with Crippen LogP contribution >= 0.6 is 11.6 Å². The lowest BCUT2D eigenvalue weighted by atomic mass is 10.1. The number of hydrogen-bond acceptors (Lipinski definition) is 2. The SMILES string of the molecule is CC(C)Oc1ccccc1CN[C@H](C)c1ccc(Cl)cc1. The van der Waals surface area contributed by atoms with Crippen LogP contribution in [-0.4, -0.2) is 6.10 Å². The van der Waals surface area contributed by atoms with Crippen molar-refractivity contribution in [2.45, 2.75) is 39.5 Å². The molecule has 21 heavy (non-hydrogen) atoms. The van der Waals surface area contributed by atoms with Crippen LogP contribution in [0, 0.1) is 0 Å². The van der Waals surface area contributed by atoms with E-state index < -0.39 is 0 Å². The Morgan fingerprint density at radius 2 is 1.67 bits per heavy atom.